The molecule has 0 fully saturated rings. The van der Waals surface area contributed by atoms with Gasteiger partial charge in [0.2, 0.25) is 0 Å². The van der Waals surface area contributed by atoms with Gasteiger partial charge in [0.15, 0.2) is 5.78 Å². The van der Waals surface area contributed by atoms with E-state index in [2.05, 4.69) is 12.2 Å². The quantitative estimate of drug-likeness (QED) is 0.421. The summed E-state index contributed by atoms with van der Waals surface area (Å²) in [6, 6.07) is 7.86. The molecule has 0 bridgehead atoms. The van der Waals surface area contributed by atoms with Crippen LogP contribution in [0.4, 0.5) is 5.69 Å². The lowest BCUT2D eigenvalue weighted by molar-refractivity contribution is -0.122. The summed E-state index contributed by atoms with van der Waals surface area (Å²) in [6.07, 6.45) is 0. The van der Waals surface area contributed by atoms with Crippen LogP contribution in [0.25, 0.3) is 0 Å². The smallest absolute Gasteiger partial charge is 0.155 e. The van der Waals surface area contributed by atoms with Gasteiger partial charge in [-0.05, 0) is 38.1 Å². The summed E-state index contributed by atoms with van der Waals surface area (Å²) in [7, 11) is 0. The zero-order valence-electron chi connectivity index (χ0n) is 15.8. The maximum Gasteiger partial charge on any atom is 0.155 e. The van der Waals surface area contributed by atoms with Crippen molar-refractivity contribution >= 4 is 11.5 Å². The second-order valence-corrected chi connectivity index (χ2v) is 5.49. The molecule has 0 radical (unpaired) electrons. The van der Waals surface area contributed by atoms with Crippen molar-refractivity contribution in [1.29, 1.82) is 0 Å². The van der Waals surface area contributed by atoms with Gasteiger partial charge in [0, 0.05) is 13.7 Å². The second-order valence-electron chi connectivity index (χ2n) is 5.49. The number of hydrogen-bond donors (Lipinski definition) is 1. The molecule has 0 aliphatic heterocycles. The van der Waals surface area contributed by atoms with Gasteiger partial charge in [-0.2, -0.15) is 0 Å². The van der Waals surface area contributed by atoms with Gasteiger partial charge in [-0.1, -0.05) is 0 Å². The van der Waals surface area contributed by atoms with Crippen molar-refractivity contribution in [1.82, 2.24) is 0 Å². The summed E-state index contributed by atoms with van der Waals surface area (Å²) in [5.74, 6) is 0.844. The van der Waals surface area contributed by atoms with E-state index >= 15 is 0 Å². The number of rotatable bonds is 17. The Bertz CT molecular complexity index is 472. The predicted molar refractivity (Wildman–Crippen MR) is 102 cm³/mol. The zero-order valence-corrected chi connectivity index (χ0v) is 15.8. The van der Waals surface area contributed by atoms with Crippen LogP contribution < -0.4 is 10.1 Å². The van der Waals surface area contributed by atoms with Crippen LogP contribution in [0.2, 0.25) is 0 Å². The third-order valence-electron chi connectivity index (χ3n) is 3.15. The number of carbonyl (C=O) groups excluding carboxylic acids is 1. The maximum absolute atomic E-state index is 10.6. The molecule has 150 valence electrons. The molecule has 7 nitrogen and oxygen atoms in total. The molecular formula is C19H33NO6. The lowest BCUT2D eigenvalue weighted by atomic mass is 10.3. The predicted octanol–water partition coefficient (Wildman–Crippen LogP) is 2.40. The van der Waals surface area contributed by atoms with Gasteiger partial charge in [-0.15, -0.1) is 0 Å². The molecule has 1 rings (SSSR count). The van der Waals surface area contributed by atoms with Crippen LogP contribution in [0.1, 0.15) is 15.3 Å². The van der Waals surface area contributed by atoms with E-state index in [4.69, 9.17) is 23.7 Å². The average Bonchev–Trinajstić information content (AvgIpc) is 2.63. The largest absolute Gasteiger partial charge is 0.491 e. The molecule has 1 N–H and O–H groups in total. The molecule has 0 aliphatic carbocycles. The first-order valence-corrected chi connectivity index (χ1v) is 8.99. The Kier molecular flexibility index (Phi) is 13.4. The van der Waals surface area contributed by atoms with Crippen LogP contribution >= 0.6 is 0 Å². The first-order chi connectivity index (χ1) is 12.7. The van der Waals surface area contributed by atoms with E-state index in [0.29, 0.717) is 52.9 Å². The van der Waals surface area contributed by atoms with Gasteiger partial charge in [0.05, 0.1) is 46.2 Å². The number of benzene rings is 1. The van der Waals surface area contributed by atoms with Crippen molar-refractivity contribution in [2.45, 2.75) is 13.8 Å². The van der Waals surface area contributed by atoms with E-state index in [1.54, 1.807) is 0 Å². The molecule has 0 saturated heterocycles. The molecule has 0 amide bonds. The summed E-state index contributed by atoms with van der Waals surface area (Å²) in [5, 5.41) is 3.23. The minimum absolute atomic E-state index is 0. The third kappa shape index (κ3) is 12.7. The maximum atomic E-state index is 10.6. The molecule has 0 aromatic heterocycles. The van der Waals surface area contributed by atoms with E-state index in [1.807, 2.05) is 24.3 Å². The highest BCUT2D eigenvalue weighted by atomic mass is 16.6. The number of carbonyl (C=O) groups is 1. The molecule has 26 heavy (non-hydrogen) atoms. The van der Waals surface area contributed by atoms with Gasteiger partial charge in [0.1, 0.15) is 19.0 Å². The van der Waals surface area contributed by atoms with Crippen molar-refractivity contribution in [2.75, 3.05) is 71.3 Å². The van der Waals surface area contributed by atoms with Crippen LogP contribution in [0, 0.1) is 0 Å². The van der Waals surface area contributed by atoms with Crippen LogP contribution in [0.15, 0.2) is 24.3 Å². The van der Waals surface area contributed by atoms with Crippen molar-refractivity contribution in [3.63, 3.8) is 0 Å². The summed E-state index contributed by atoms with van der Waals surface area (Å²) in [4.78, 5) is 10.6. The highest BCUT2D eigenvalue weighted by molar-refractivity contribution is 5.76. The summed E-state index contributed by atoms with van der Waals surface area (Å²) in [5.41, 5.74) is 1.08. The molecular weight excluding hydrogens is 338 g/mol. The fraction of sp³-hybridized carbons (Fsp3) is 0.632. The van der Waals surface area contributed by atoms with Crippen LogP contribution in [-0.4, -0.2) is 71.8 Å². The van der Waals surface area contributed by atoms with Gasteiger partial charge in [0.25, 0.3) is 0 Å². The number of ketones is 1. The molecule has 7 heteroatoms. The van der Waals surface area contributed by atoms with Gasteiger partial charge < -0.3 is 29.0 Å². The summed E-state index contributed by atoms with van der Waals surface area (Å²) >= 11 is 0. The zero-order chi connectivity index (χ0) is 18.9. The Balaban J connectivity index is 0.00000676. The summed E-state index contributed by atoms with van der Waals surface area (Å²) < 4.78 is 26.8. The van der Waals surface area contributed by atoms with Gasteiger partial charge >= 0.3 is 0 Å². The Morgan fingerprint density at radius 3 is 1.85 bits per heavy atom. The standard InChI is InChI=1S/C19H31NO6.H2/c1-3-20-18-4-6-19(7-5-18)26-15-14-24-11-10-22-8-9-23-12-13-25-16-17(2)21;/h4-7,20H,3,8-16H2,1-2H3;1H. The Morgan fingerprint density at radius 2 is 1.35 bits per heavy atom. The van der Waals surface area contributed by atoms with Gasteiger partial charge in [-0.3, -0.25) is 4.79 Å². The van der Waals surface area contributed by atoms with Crippen LogP contribution in [-0.2, 0) is 23.7 Å². The normalized spacial score (nSPS) is 10.7. The average molecular weight is 371 g/mol. The minimum atomic E-state index is 0. The topological polar surface area (TPSA) is 75.2 Å². The van der Waals surface area contributed by atoms with Gasteiger partial charge in [-0.25, -0.2) is 0 Å². The highest BCUT2D eigenvalue weighted by Crippen LogP contribution is 2.15. The fourth-order valence-electron chi connectivity index (χ4n) is 1.97. The molecule has 0 spiro atoms. The number of ether oxygens (including phenoxy) is 5. The number of hydrogen-bond acceptors (Lipinski definition) is 7. The SMILES string of the molecule is CCNc1ccc(OCCOCCOCCOCCOCC(C)=O)cc1.[HH]. The number of nitrogens with one attached hydrogen (secondary N) is 1. The van der Waals surface area contributed by atoms with Crippen LogP contribution in [0.3, 0.4) is 0 Å². The Labute approximate surface area is 157 Å². The van der Waals surface area contributed by atoms with Crippen molar-refractivity contribution in [3.05, 3.63) is 24.3 Å². The van der Waals surface area contributed by atoms with E-state index in [9.17, 15) is 4.79 Å². The number of anilines is 1. The first kappa shape index (κ1) is 22.4. The Hall–Kier alpha value is -1.67. The van der Waals surface area contributed by atoms with Crippen molar-refractivity contribution in [3.8, 4) is 5.75 Å². The molecule has 0 aliphatic rings. The van der Waals surface area contributed by atoms with Crippen LogP contribution in [0.5, 0.6) is 5.75 Å². The van der Waals surface area contributed by atoms with E-state index in [-0.39, 0.29) is 13.8 Å². The monoisotopic (exact) mass is 371 g/mol. The first-order valence-electron chi connectivity index (χ1n) is 8.99. The molecule has 0 saturated carbocycles. The highest BCUT2D eigenvalue weighted by Gasteiger charge is 1.96. The summed E-state index contributed by atoms with van der Waals surface area (Å²) in [6.45, 7) is 8.52. The van der Waals surface area contributed by atoms with Crippen molar-refractivity contribution in [2.24, 2.45) is 0 Å². The molecule has 0 unspecified atom stereocenters. The molecule has 1 aromatic carbocycles. The second kappa shape index (κ2) is 15.6. The third-order valence-corrected chi connectivity index (χ3v) is 3.15. The molecule has 0 atom stereocenters. The lowest BCUT2D eigenvalue weighted by Crippen LogP contribution is -2.14. The van der Waals surface area contributed by atoms with E-state index in [0.717, 1.165) is 18.0 Å². The molecule has 1 aromatic rings. The van der Waals surface area contributed by atoms with E-state index < -0.39 is 0 Å². The fourth-order valence-corrected chi connectivity index (χ4v) is 1.97. The number of Topliss-reactive ketones (excluding diaryl/α,β-unsaturated/α-hetero) is 1. The molecule has 0 heterocycles. The lowest BCUT2D eigenvalue weighted by Gasteiger charge is -2.09. The minimum Gasteiger partial charge on any atom is -0.491 e. The Morgan fingerprint density at radius 1 is 0.846 bits per heavy atom. The van der Waals surface area contributed by atoms with E-state index in [1.165, 1.54) is 6.92 Å². The van der Waals surface area contributed by atoms with Crippen molar-refractivity contribution < 1.29 is 29.9 Å².